The second-order valence-corrected chi connectivity index (χ2v) is 9.03. The van der Waals surface area contributed by atoms with Crippen LogP contribution in [0.2, 0.25) is 0 Å². The van der Waals surface area contributed by atoms with E-state index in [1.165, 1.54) is 36.1 Å². The molecule has 2 rings (SSSR count). The molecule has 0 fully saturated rings. The van der Waals surface area contributed by atoms with E-state index in [4.69, 9.17) is 0 Å². The molecule has 0 bridgehead atoms. The van der Waals surface area contributed by atoms with E-state index in [9.17, 15) is 13.2 Å². The molecule has 1 aromatic rings. The van der Waals surface area contributed by atoms with Gasteiger partial charge < -0.3 is 5.32 Å². The molecule has 0 radical (unpaired) electrons. The number of amides is 1. The Balaban J connectivity index is 1.96. The van der Waals surface area contributed by atoms with Crippen molar-refractivity contribution in [3.63, 3.8) is 0 Å². The number of hydrogen-bond acceptors (Lipinski definition) is 5. The molecule has 1 N–H and O–H groups in total. The number of aryl methyl sites for hydroxylation is 1. The van der Waals surface area contributed by atoms with Crippen molar-refractivity contribution in [2.75, 3.05) is 25.2 Å². The minimum absolute atomic E-state index is 0.193. The van der Waals surface area contributed by atoms with Crippen LogP contribution in [0.5, 0.6) is 0 Å². The molecule has 1 heterocycles. The van der Waals surface area contributed by atoms with Gasteiger partial charge >= 0.3 is 0 Å². The van der Waals surface area contributed by atoms with E-state index in [2.05, 4.69) is 17.2 Å². The number of thiazole rings is 1. The summed E-state index contributed by atoms with van der Waals surface area (Å²) in [5.74, 6) is 0.363. The first kappa shape index (κ1) is 17.4. The highest BCUT2D eigenvalue weighted by molar-refractivity contribution is 7.88. The van der Waals surface area contributed by atoms with Crippen molar-refractivity contribution < 1.29 is 13.2 Å². The van der Waals surface area contributed by atoms with Gasteiger partial charge in [0.05, 0.1) is 18.5 Å². The maximum Gasteiger partial charge on any atom is 0.241 e. The van der Waals surface area contributed by atoms with Crippen LogP contribution in [0.15, 0.2) is 0 Å². The van der Waals surface area contributed by atoms with E-state index in [-0.39, 0.29) is 12.5 Å². The minimum atomic E-state index is -3.35. The molecule has 8 heteroatoms. The average molecular weight is 345 g/mol. The summed E-state index contributed by atoms with van der Waals surface area (Å²) >= 11 is 1.52. The highest BCUT2D eigenvalue weighted by Crippen LogP contribution is 2.33. The highest BCUT2D eigenvalue weighted by atomic mass is 32.2. The quantitative estimate of drug-likeness (QED) is 0.854. The second-order valence-electron chi connectivity index (χ2n) is 5.85. The smallest absolute Gasteiger partial charge is 0.241 e. The lowest BCUT2D eigenvalue weighted by Crippen LogP contribution is -2.34. The number of aromatic nitrogens is 1. The number of likely N-dealkylation sites (N-methyl/N-ethyl adjacent to an activating group) is 1. The number of anilines is 1. The van der Waals surface area contributed by atoms with Crippen LogP contribution in [-0.2, 0) is 27.7 Å². The molecule has 1 aromatic heterocycles. The minimum Gasteiger partial charge on any atom is -0.301 e. The summed E-state index contributed by atoms with van der Waals surface area (Å²) in [6.45, 7) is 2.01. The van der Waals surface area contributed by atoms with Crippen LogP contribution < -0.4 is 5.32 Å². The summed E-state index contributed by atoms with van der Waals surface area (Å²) in [4.78, 5) is 17.6. The SMILES string of the molecule is CCCC1CCc2nc(NC(=O)CN(C)S(C)(=O)=O)sc2C1. The number of rotatable bonds is 6. The zero-order valence-electron chi connectivity index (χ0n) is 13.3. The van der Waals surface area contributed by atoms with Gasteiger partial charge in [0.1, 0.15) is 0 Å². The Labute approximate surface area is 136 Å². The fourth-order valence-corrected chi connectivity index (χ4v) is 4.12. The highest BCUT2D eigenvalue weighted by Gasteiger charge is 2.23. The van der Waals surface area contributed by atoms with Crippen molar-refractivity contribution in [3.8, 4) is 0 Å². The van der Waals surface area contributed by atoms with Crippen molar-refractivity contribution in [1.82, 2.24) is 9.29 Å². The predicted molar refractivity (Wildman–Crippen MR) is 88.6 cm³/mol. The van der Waals surface area contributed by atoms with Gasteiger partial charge in [0, 0.05) is 11.9 Å². The Bertz CT molecular complexity index is 640. The van der Waals surface area contributed by atoms with E-state index in [1.807, 2.05) is 0 Å². The maximum absolute atomic E-state index is 11.9. The summed E-state index contributed by atoms with van der Waals surface area (Å²) in [7, 11) is -1.96. The molecule has 0 spiro atoms. The first-order valence-corrected chi connectivity index (χ1v) is 10.2. The predicted octanol–water partition coefficient (Wildman–Crippen LogP) is 1.88. The van der Waals surface area contributed by atoms with Crippen LogP contribution in [0.3, 0.4) is 0 Å². The number of fused-ring (bicyclic) bond motifs is 1. The summed E-state index contributed by atoms with van der Waals surface area (Å²) in [6, 6.07) is 0. The molecule has 124 valence electrons. The molecule has 22 heavy (non-hydrogen) atoms. The number of carbonyl (C=O) groups excluding carboxylic acids is 1. The lowest BCUT2D eigenvalue weighted by Gasteiger charge is -2.19. The van der Waals surface area contributed by atoms with Gasteiger partial charge in [-0.1, -0.05) is 19.8 Å². The molecule has 0 saturated carbocycles. The number of carbonyl (C=O) groups is 1. The third-order valence-corrected chi connectivity index (χ3v) is 6.21. The summed E-state index contributed by atoms with van der Waals surface area (Å²) in [5, 5.41) is 3.29. The number of nitrogens with zero attached hydrogens (tertiary/aromatic N) is 2. The Hall–Kier alpha value is -0.990. The number of sulfonamides is 1. The topological polar surface area (TPSA) is 79.4 Å². The van der Waals surface area contributed by atoms with Crippen LogP contribution >= 0.6 is 11.3 Å². The Morgan fingerprint density at radius 3 is 2.86 bits per heavy atom. The van der Waals surface area contributed by atoms with Crippen molar-refractivity contribution in [3.05, 3.63) is 10.6 Å². The van der Waals surface area contributed by atoms with Gasteiger partial charge in [0.15, 0.2) is 5.13 Å². The van der Waals surface area contributed by atoms with Crippen LogP contribution in [0.25, 0.3) is 0 Å². The Kier molecular flexibility index (Phi) is 5.57. The first-order chi connectivity index (χ1) is 10.3. The van der Waals surface area contributed by atoms with Gasteiger partial charge in [-0.2, -0.15) is 4.31 Å². The summed E-state index contributed by atoms with van der Waals surface area (Å²) < 4.78 is 23.6. The van der Waals surface area contributed by atoms with Crippen LogP contribution in [0.1, 0.15) is 36.8 Å². The van der Waals surface area contributed by atoms with Crippen molar-refractivity contribution in [1.29, 1.82) is 0 Å². The van der Waals surface area contributed by atoms with Gasteiger partial charge in [-0.25, -0.2) is 13.4 Å². The van der Waals surface area contributed by atoms with Gasteiger partial charge in [0.2, 0.25) is 15.9 Å². The average Bonchev–Trinajstić information content (AvgIpc) is 2.79. The van der Waals surface area contributed by atoms with Gasteiger partial charge in [-0.15, -0.1) is 11.3 Å². The molecule has 0 aromatic carbocycles. The molecular weight excluding hydrogens is 322 g/mol. The maximum atomic E-state index is 11.9. The normalized spacial score (nSPS) is 18.3. The monoisotopic (exact) mass is 345 g/mol. The molecular formula is C14H23N3O3S2. The fraction of sp³-hybridized carbons (Fsp3) is 0.714. The van der Waals surface area contributed by atoms with Crippen LogP contribution in [0, 0.1) is 5.92 Å². The van der Waals surface area contributed by atoms with E-state index in [0.717, 1.165) is 41.4 Å². The van der Waals surface area contributed by atoms with Crippen molar-refractivity contribution in [2.24, 2.45) is 5.92 Å². The summed E-state index contributed by atoms with van der Waals surface area (Å²) in [6.07, 6.45) is 6.68. The molecule has 0 saturated heterocycles. The summed E-state index contributed by atoms with van der Waals surface area (Å²) in [5.41, 5.74) is 1.09. The first-order valence-electron chi connectivity index (χ1n) is 7.49. The molecule has 1 aliphatic rings. The zero-order chi connectivity index (χ0) is 16.3. The van der Waals surface area contributed by atoms with Gasteiger partial charge in [0.25, 0.3) is 0 Å². The second kappa shape index (κ2) is 7.06. The molecule has 1 atom stereocenters. The molecule has 1 aliphatic carbocycles. The van der Waals surface area contributed by atoms with E-state index < -0.39 is 10.0 Å². The molecule has 1 unspecified atom stereocenters. The van der Waals surface area contributed by atoms with E-state index in [1.54, 1.807) is 0 Å². The van der Waals surface area contributed by atoms with Crippen LogP contribution in [0.4, 0.5) is 5.13 Å². The van der Waals surface area contributed by atoms with E-state index in [0.29, 0.717) is 5.13 Å². The Morgan fingerprint density at radius 2 is 2.23 bits per heavy atom. The third-order valence-electron chi connectivity index (χ3n) is 3.92. The van der Waals surface area contributed by atoms with Crippen molar-refractivity contribution >= 4 is 32.4 Å². The number of nitrogens with one attached hydrogen (secondary N) is 1. The standard InChI is InChI=1S/C14H23N3O3S2/c1-4-5-10-6-7-11-12(8-10)21-14(15-11)16-13(18)9-17(2)22(3,19)20/h10H,4-9H2,1-3H3,(H,15,16,18). The van der Waals surface area contributed by atoms with Crippen LogP contribution in [-0.4, -0.2) is 43.5 Å². The number of hydrogen-bond donors (Lipinski definition) is 1. The molecule has 1 amide bonds. The lowest BCUT2D eigenvalue weighted by molar-refractivity contribution is -0.116. The van der Waals surface area contributed by atoms with Crippen molar-refractivity contribution in [2.45, 2.75) is 39.0 Å². The third kappa shape index (κ3) is 4.50. The molecule has 6 nitrogen and oxygen atoms in total. The van der Waals surface area contributed by atoms with Gasteiger partial charge in [-0.3, -0.25) is 4.79 Å². The largest absolute Gasteiger partial charge is 0.301 e. The Morgan fingerprint density at radius 1 is 1.50 bits per heavy atom. The van der Waals surface area contributed by atoms with Gasteiger partial charge in [-0.05, 0) is 25.2 Å². The zero-order valence-corrected chi connectivity index (χ0v) is 14.9. The van der Waals surface area contributed by atoms with E-state index >= 15 is 0 Å². The molecule has 0 aliphatic heterocycles. The fourth-order valence-electron chi connectivity index (χ4n) is 2.63. The lowest BCUT2D eigenvalue weighted by atomic mass is 9.88.